The molecule has 1 aromatic rings. The number of esters is 1. The Hall–Kier alpha value is -2.24. The van der Waals surface area contributed by atoms with Crippen molar-refractivity contribution in [3.8, 4) is 6.07 Å². The summed E-state index contributed by atoms with van der Waals surface area (Å²) in [6.45, 7) is 1.11. The molecule has 9 heteroatoms. The monoisotopic (exact) mass is 294 g/mol. The molecule has 0 saturated heterocycles. The van der Waals surface area contributed by atoms with Gasteiger partial charge in [0.25, 0.3) is 6.43 Å². The summed E-state index contributed by atoms with van der Waals surface area (Å²) in [6.07, 6.45) is -8.40. The molecule has 4 nitrogen and oxygen atoms in total. The Morgan fingerprint density at radius 2 is 2.10 bits per heavy atom. The van der Waals surface area contributed by atoms with Crippen molar-refractivity contribution in [1.29, 1.82) is 5.26 Å². The Balaban J connectivity index is 3.62. The topological polar surface area (TPSA) is 63.0 Å². The molecule has 0 aliphatic carbocycles. The highest BCUT2D eigenvalue weighted by Gasteiger charge is 2.39. The molecule has 1 rings (SSSR count). The van der Waals surface area contributed by atoms with Crippen molar-refractivity contribution in [2.45, 2.75) is 19.5 Å². The minimum atomic E-state index is -5.10. The molecule has 0 aliphatic heterocycles. The van der Waals surface area contributed by atoms with Crippen LogP contribution in [0.3, 0.4) is 0 Å². The first kappa shape index (κ1) is 15.8. The molecular formula is C11H7F5N2O2. The van der Waals surface area contributed by atoms with Gasteiger partial charge in [0.05, 0.1) is 12.2 Å². The van der Waals surface area contributed by atoms with Gasteiger partial charge in [0, 0.05) is 0 Å². The van der Waals surface area contributed by atoms with Crippen molar-refractivity contribution in [2.24, 2.45) is 0 Å². The van der Waals surface area contributed by atoms with Gasteiger partial charge in [-0.15, -0.1) is 0 Å². The molecule has 1 heterocycles. The van der Waals surface area contributed by atoms with Gasteiger partial charge in [0.1, 0.15) is 17.3 Å². The number of pyridine rings is 1. The van der Waals surface area contributed by atoms with E-state index in [0.717, 1.165) is 0 Å². The molecule has 0 saturated carbocycles. The van der Waals surface area contributed by atoms with Crippen LogP contribution in [0.2, 0.25) is 0 Å². The van der Waals surface area contributed by atoms with E-state index in [2.05, 4.69) is 9.72 Å². The second kappa shape index (κ2) is 5.81. The third kappa shape index (κ3) is 3.20. The fourth-order valence-electron chi connectivity index (χ4n) is 1.39. The van der Waals surface area contributed by atoms with Gasteiger partial charge >= 0.3 is 12.1 Å². The second-order valence-electron chi connectivity index (χ2n) is 3.45. The largest absolute Gasteiger partial charge is 0.462 e. The van der Waals surface area contributed by atoms with Crippen LogP contribution in [0.25, 0.3) is 0 Å². The first-order chi connectivity index (χ1) is 9.22. The number of halogens is 5. The van der Waals surface area contributed by atoms with Gasteiger partial charge in [-0.25, -0.2) is 18.6 Å². The maximum atomic E-state index is 12.8. The number of alkyl halides is 5. The Bertz CT molecular complexity index is 563. The maximum Gasteiger partial charge on any atom is 0.417 e. The summed E-state index contributed by atoms with van der Waals surface area (Å²) in [6, 6.07) is 1.24. The van der Waals surface area contributed by atoms with Crippen molar-refractivity contribution in [2.75, 3.05) is 6.61 Å². The van der Waals surface area contributed by atoms with E-state index in [0.29, 0.717) is 0 Å². The van der Waals surface area contributed by atoms with E-state index in [9.17, 15) is 26.7 Å². The zero-order valence-corrected chi connectivity index (χ0v) is 9.96. The van der Waals surface area contributed by atoms with E-state index in [1.54, 1.807) is 0 Å². The van der Waals surface area contributed by atoms with Crippen LogP contribution in [-0.4, -0.2) is 17.6 Å². The van der Waals surface area contributed by atoms with Crippen LogP contribution in [0.1, 0.15) is 40.7 Å². The quantitative estimate of drug-likeness (QED) is 0.635. The maximum absolute atomic E-state index is 12.8. The minimum Gasteiger partial charge on any atom is -0.462 e. The van der Waals surface area contributed by atoms with Crippen LogP contribution < -0.4 is 0 Å². The lowest BCUT2D eigenvalue weighted by atomic mass is 10.0. The smallest absolute Gasteiger partial charge is 0.417 e. The summed E-state index contributed by atoms with van der Waals surface area (Å²) in [5.74, 6) is -1.44. The predicted octanol–water partition coefficient (Wildman–Crippen LogP) is 3.09. The molecule has 0 bridgehead atoms. The van der Waals surface area contributed by atoms with Crippen molar-refractivity contribution in [3.05, 3.63) is 28.6 Å². The molecular weight excluding hydrogens is 287 g/mol. The van der Waals surface area contributed by atoms with Gasteiger partial charge in [-0.2, -0.15) is 18.4 Å². The molecule has 0 amide bonds. The first-order valence-corrected chi connectivity index (χ1v) is 5.19. The molecule has 20 heavy (non-hydrogen) atoms. The normalized spacial score (nSPS) is 11.3. The summed E-state index contributed by atoms with van der Waals surface area (Å²) in [5.41, 5.74) is -5.11. The number of carbonyl (C=O) groups is 1. The average molecular weight is 294 g/mol. The number of carbonyl (C=O) groups excluding carboxylic acids is 1. The molecule has 0 fully saturated rings. The number of nitriles is 1. The second-order valence-corrected chi connectivity index (χ2v) is 3.45. The molecule has 0 unspecified atom stereocenters. The van der Waals surface area contributed by atoms with E-state index in [4.69, 9.17) is 5.26 Å². The van der Waals surface area contributed by atoms with Crippen LogP contribution in [-0.2, 0) is 10.9 Å². The van der Waals surface area contributed by atoms with E-state index >= 15 is 0 Å². The van der Waals surface area contributed by atoms with Crippen molar-refractivity contribution < 1.29 is 31.5 Å². The SMILES string of the molecule is CCOC(=O)c1c(C(F)(F)F)cc(C(F)F)nc1C#N. The third-order valence-electron chi connectivity index (χ3n) is 2.15. The minimum absolute atomic E-state index is 0.0394. The van der Waals surface area contributed by atoms with Crippen LogP contribution >= 0.6 is 0 Å². The van der Waals surface area contributed by atoms with Crippen molar-refractivity contribution in [3.63, 3.8) is 0 Å². The Morgan fingerprint density at radius 3 is 2.50 bits per heavy atom. The van der Waals surface area contributed by atoms with Crippen LogP contribution in [0.15, 0.2) is 6.07 Å². The molecule has 0 radical (unpaired) electrons. The lowest BCUT2D eigenvalue weighted by Gasteiger charge is -2.14. The Morgan fingerprint density at radius 1 is 1.50 bits per heavy atom. The number of hydrogen-bond acceptors (Lipinski definition) is 4. The lowest BCUT2D eigenvalue weighted by molar-refractivity contribution is -0.138. The standard InChI is InChI=1S/C11H7F5N2O2/c1-2-20-10(19)8-5(11(14,15)16)3-6(9(12)13)18-7(8)4-17/h3,9H,2H2,1H3. The highest BCUT2D eigenvalue weighted by atomic mass is 19.4. The molecule has 0 aromatic carbocycles. The molecule has 108 valence electrons. The van der Waals surface area contributed by atoms with Gasteiger partial charge in [-0.05, 0) is 13.0 Å². The van der Waals surface area contributed by atoms with Crippen LogP contribution in [0, 0.1) is 11.3 Å². The van der Waals surface area contributed by atoms with Crippen molar-refractivity contribution in [1.82, 2.24) is 4.98 Å². The zero-order chi connectivity index (χ0) is 15.5. The number of ether oxygens (including phenoxy) is 1. The fraction of sp³-hybridized carbons (Fsp3) is 0.364. The number of aromatic nitrogens is 1. The fourth-order valence-corrected chi connectivity index (χ4v) is 1.39. The summed E-state index contributed by atoms with van der Waals surface area (Å²) in [4.78, 5) is 14.5. The number of rotatable bonds is 3. The first-order valence-electron chi connectivity index (χ1n) is 5.19. The van der Waals surface area contributed by atoms with E-state index in [-0.39, 0.29) is 12.7 Å². The average Bonchev–Trinajstić information content (AvgIpc) is 2.36. The van der Waals surface area contributed by atoms with Crippen molar-refractivity contribution >= 4 is 5.97 Å². The highest BCUT2D eigenvalue weighted by Crippen LogP contribution is 2.35. The van der Waals surface area contributed by atoms with E-state index < -0.39 is 41.1 Å². The zero-order valence-electron chi connectivity index (χ0n) is 9.96. The summed E-state index contributed by atoms with van der Waals surface area (Å²) >= 11 is 0. The van der Waals surface area contributed by atoms with Gasteiger partial charge in [0.2, 0.25) is 0 Å². The van der Waals surface area contributed by atoms with Gasteiger partial charge in [-0.3, -0.25) is 0 Å². The molecule has 0 atom stereocenters. The van der Waals surface area contributed by atoms with Gasteiger partial charge in [0.15, 0.2) is 5.69 Å². The molecule has 1 aromatic heterocycles. The predicted molar refractivity (Wildman–Crippen MR) is 54.9 cm³/mol. The molecule has 0 N–H and O–H groups in total. The van der Waals surface area contributed by atoms with Gasteiger partial charge in [-0.1, -0.05) is 0 Å². The molecule has 0 spiro atoms. The van der Waals surface area contributed by atoms with Crippen LogP contribution in [0.5, 0.6) is 0 Å². The lowest BCUT2D eigenvalue weighted by Crippen LogP contribution is -2.19. The number of hydrogen-bond donors (Lipinski definition) is 0. The van der Waals surface area contributed by atoms with Crippen LogP contribution in [0.4, 0.5) is 22.0 Å². The Labute approximate surface area is 109 Å². The Kier molecular flexibility index (Phi) is 4.60. The summed E-state index contributed by atoms with van der Waals surface area (Å²) < 4.78 is 67.8. The van der Waals surface area contributed by atoms with Gasteiger partial charge < -0.3 is 4.74 Å². The highest BCUT2D eigenvalue weighted by molar-refractivity contribution is 5.93. The van der Waals surface area contributed by atoms with E-state index in [1.165, 1.54) is 13.0 Å². The number of nitrogens with zero attached hydrogens (tertiary/aromatic N) is 2. The van der Waals surface area contributed by atoms with E-state index in [1.807, 2.05) is 0 Å². The molecule has 0 aliphatic rings. The summed E-state index contributed by atoms with van der Waals surface area (Å²) in [5, 5.41) is 8.70. The summed E-state index contributed by atoms with van der Waals surface area (Å²) in [7, 11) is 0. The third-order valence-corrected chi connectivity index (χ3v) is 2.15.